The predicted molar refractivity (Wildman–Crippen MR) is 113 cm³/mol. The molecule has 2 aromatic carbocycles. The minimum Gasteiger partial charge on any atom is -0.490 e. The topological polar surface area (TPSA) is 67.9 Å². The maximum absolute atomic E-state index is 12.7. The van der Waals surface area contributed by atoms with Gasteiger partial charge in [-0.2, -0.15) is 0 Å². The Balaban J connectivity index is 1.70. The third-order valence-corrected chi connectivity index (χ3v) is 5.07. The fraction of sp³-hybridized carbons (Fsp3) is 0.391. The smallest absolute Gasteiger partial charge is 0.251 e. The van der Waals surface area contributed by atoms with Crippen LogP contribution in [0.4, 0.5) is 5.69 Å². The molecule has 1 aliphatic rings. The standard InChI is InChI=1S/C23H28N2O4/c1-5-28-20-10-8-17(12-21(20)29-6-2)23(27)24-18-13-22(26)25(14-18)19-9-7-15(3)16(4)11-19/h7-12,18H,5-6,13-14H2,1-4H3,(H,24,27)/t18-/m0/s1. The van der Waals surface area contributed by atoms with Gasteiger partial charge in [0.15, 0.2) is 11.5 Å². The Kier molecular flexibility index (Phi) is 6.42. The molecule has 6 heteroatoms. The number of hydrogen-bond donors (Lipinski definition) is 1. The van der Waals surface area contributed by atoms with Gasteiger partial charge in [0.2, 0.25) is 5.91 Å². The number of hydrogen-bond acceptors (Lipinski definition) is 4. The lowest BCUT2D eigenvalue weighted by Crippen LogP contribution is -2.37. The second-order valence-electron chi connectivity index (χ2n) is 7.17. The van der Waals surface area contributed by atoms with Crippen molar-refractivity contribution in [3.8, 4) is 11.5 Å². The first-order valence-electron chi connectivity index (χ1n) is 10.0. The number of ether oxygens (including phenoxy) is 2. The largest absolute Gasteiger partial charge is 0.490 e. The Morgan fingerprint density at radius 2 is 1.76 bits per heavy atom. The molecule has 0 bridgehead atoms. The van der Waals surface area contributed by atoms with Crippen LogP contribution in [0.3, 0.4) is 0 Å². The summed E-state index contributed by atoms with van der Waals surface area (Å²) in [5, 5.41) is 2.97. The summed E-state index contributed by atoms with van der Waals surface area (Å²) < 4.78 is 11.1. The summed E-state index contributed by atoms with van der Waals surface area (Å²) >= 11 is 0. The molecule has 1 N–H and O–H groups in total. The third kappa shape index (κ3) is 4.70. The number of amides is 2. The monoisotopic (exact) mass is 396 g/mol. The van der Waals surface area contributed by atoms with Gasteiger partial charge >= 0.3 is 0 Å². The van der Waals surface area contributed by atoms with Crippen molar-refractivity contribution in [1.29, 1.82) is 0 Å². The van der Waals surface area contributed by atoms with Crippen molar-refractivity contribution in [2.75, 3.05) is 24.7 Å². The lowest BCUT2D eigenvalue weighted by atomic mass is 10.1. The number of carbonyl (C=O) groups excluding carboxylic acids is 2. The molecule has 1 fully saturated rings. The van der Waals surface area contributed by atoms with Crippen LogP contribution in [-0.4, -0.2) is 37.6 Å². The summed E-state index contributed by atoms with van der Waals surface area (Å²) in [6, 6.07) is 10.9. The first-order chi connectivity index (χ1) is 13.9. The summed E-state index contributed by atoms with van der Waals surface area (Å²) in [4.78, 5) is 27.0. The minimum absolute atomic E-state index is 0.0141. The molecular weight excluding hydrogens is 368 g/mol. The number of benzene rings is 2. The van der Waals surface area contributed by atoms with E-state index < -0.39 is 0 Å². The fourth-order valence-electron chi connectivity index (χ4n) is 3.41. The Labute approximate surface area is 171 Å². The lowest BCUT2D eigenvalue weighted by molar-refractivity contribution is -0.117. The highest BCUT2D eigenvalue weighted by Gasteiger charge is 2.32. The van der Waals surface area contributed by atoms with Crippen LogP contribution in [0, 0.1) is 13.8 Å². The van der Waals surface area contributed by atoms with Crippen molar-refractivity contribution in [3.63, 3.8) is 0 Å². The van der Waals surface area contributed by atoms with Crippen molar-refractivity contribution in [3.05, 3.63) is 53.1 Å². The fourth-order valence-corrected chi connectivity index (χ4v) is 3.41. The van der Waals surface area contributed by atoms with Gasteiger partial charge in [-0.05, 0) is 69.2 Å². The Hall–Kier alpha value is -3.02. The molecule has 1 atom stereocenters. The van der Waals surface area contributed by atoms with Gasteiger partial charge in [-0.25, -0.2) is 0 Å². The van der Waals surface area contributed by atoms with E-state index in [9.17, 15) is 9.59 Å². The normalized spacial score (nSPS) is 16.1. The van der Waals surface area contributed by atoms with E-state index in [-0.39, 0.29) is 24.3 Å². The van der Waals surface area contributed by atoms with E-state index in [1.807, 2.05) is 45.9 Å². The van der Waals surface area contributed by atoms with Crippen LogP contribution >= 0.6 is 0 Å². The Morgan fingerprint density at radius 3 is 2.45 bits per heavy atom. The first-order valence-corrected chi connectivity index (χ1v) is 10.0. The van der Waals surface area contributed by atoms with E-state index in [4.69, 9.17) is 9.47 Å². The third-order valence-electron chi connectivity index (χ3n) is 5.07. The van der Waals surface area contributed by atoms with Gasteiger partial charge in [-0.1, -0.05) is 6.07 Å². The van der Waals surface area contributed by atoms with Crippen molar-refractivity contribution in [1.82, 2.24) is 5.32 Å². The second-order valence-corrected chi connectivity index (χ2v) is 7.17. The van der Waals surface area contributed by atoms with Gasteiger partial charge in [0, 0.05) is 24.2 Å². The van der Waals surface area contributed by atoms with Crippen LogP contribution in [0.15, 0.2) is 36.4 Å². The number of nitrogens with one attached hydrogen (secondary N) is 1. The van der Waals surface area contributed by atoms with Crippen LogP contribution in [0.1, 0.15) is 41.8 Å². The summed E-state index contributed by atoms with van der Waals surface area (Å²) in [6.07, 6.45) is 0.286. The molecule has 0 spiro atoms. The molecule has 29 heavy (non-hydrogen) atoms. The van der Waals surface area contributed by atoms with E-state index >= 15 is 0 Å². The molecule has 154 valence electrons. The average Bonchev–Trinajstić information content (AvgIpc) is 3.05. The summed E-state index contributed by atoms with van der Waals surface area (Å²) in [5.41, 5.74) is 3.68. The van der Waals surface area contributed by atoms with E-state index in [0.717, 1.165) is 11.3 Å². The van der Waals surface area contributed by atoms with E-state index in [1.165, 1.54) is 5.56 Å². The van der Waals surface area contributed by atoms with Crippen molar-refractivity contribution in [2.45, 2.75) is 40.2 Å². The van der Waals surface area contributed by atoms with Crippen LogP contribution in [0.5, 0.6) is 11.5 Å². The Morgan fingerprint density at radius 1 is 1.03 bits per heavy atom. The molecule has 2 amide bonds. The Bertz CT molecular complexity index is 910. The van der Waals surface area contributed by atoms with E-state index in [2.05, 4.69) is 5.32 Å². The van der Waals surface area contributed by atoms with Gasteiger partial charge in [0.05, 0.1) is 19.3 Å². The molecule has 0 aliphatic carbocycles. The maximum Gasteiger partial charge on any atom is 0.251 e. The van der Waals surface area contributed by atoms with Gasteiger partial charge in [0.25, 0.3) is 5.91 Å². The van der Waals surface area contributed by atoms with Crippen LogP contribution in [0.2, 0.25) is 0 Å². The average molecular weight is 396 g/mol. The number of nitrogens with zero attached hydrogens (tertiary/aromatic N) is 1. The SMILES string of the molecule is CCOc1ccc(C(=O)N[C@H]2CC(=O)N(c3ccc(C)c(C)c3)C2)cc1OCC. The quantitative estimate of drug-likeness (QED) is 0.776. The molecule has 0 radical (unpaired) electrons. The van der Waals surface area contributed by atoms with Gasteiger partial charge in [-0.15, -0.1) is 0 Å². The summed E-state index contributed by atoms with van der Waals surface area (Å²) in [5.74, 6) is 0.943. The number of rotatable bonds is 7. The van der Waals surface area contributed by atoms with Crippen LogP contribution < -0.4 is 19.7 Å². The molecule has 0 aromatic heterocycles. The van der Waals surface area contributed by atoms with E-state index in [1.54, 1.807) is 23.1 Å². The van der Waals surface area contributed by atoms with Crippen molar-refractivity contribution in [2.24, 2.45) is 0 Å². The highest BCUT2D eigenvalue weighted by molar-refractivity contribution is 5.99. The minimum atomic E-state index is -0.237. The molecule has 0 saturated carbocycles. The zero-order valence-corrected chi connectivity index (χ0v) is 17.5. The first kappa shape index (κ1) is 20.7. The molecule has 3 rings (SSSR count). The number of aryl methyl sites for hydroxylation is 2. The highest BCUT2D eigenvalue weighted by Crippen LogP contribution is 2.29. The van der Waals surface area contributed by atoms with Crippen molar-refractivity contribution < 1.29 is 19.1 Å². The second kappa shape index (κ2) is 8.99. The molecule has 2 aromatic rings. The van der Waals surface area contributed by atoms with Crippen LogP contribution in [0.25, 0.3) is 0 Å². The molecule has 1 saturated heterocycles. The number of carbonyl (C=O) groups is 2. The lowest BCUT2D eigenvalue weighted by Gasteiger charge is -2.18. The molecule has 0 unspecified atom stereocenters. The highest BCUT2D eigenvalue weighted by atomic mass is 16.5. The summed E-state index contributed by atoms with van der Waals surface area (Å²) in [7, 11) is 0. The van der Waals surface area contributed by atoms with Gasteiger partial charge in [-0.3, -0.25) is 9.59 Å². The molecule has 1 aliphatic heterocycles. The molecule has 1 heterocycles. The molecular formula is C23H28N2O4. The predicted octanol–water partition coefficient (Wildman–Crippen LogP) is 3.64. The summed E-state index contributed by atoms with van der Waals surface area (Å²) in [6.45, 7) is 9.31. The van der Waals surface area contributed by atoms with Crippen LogP contribution in [-0.2, 0) is 4.79 Å². The zero-order valence-electron chi connectivity index (χ0n) is 17.5. The van der Waals surface area contributed by atoms with Gasteiger partial charge in [0.1, 0.15) is 0 Å². The van der Waals surface area contributed by atoms with Crippen molar-refractivity contribution >= 4 is 17.5 Å². The molecule has 6 nitrogen and oxygen atoms in total. The van der Waals surface area contributed by atoms with Gasteiger partial charge < -0.3 is 19.7 Å². The maximum atomic E-state index is 12.7. The van der Waals surface area contributed by atoms with E-state index in [0.29, 0.717) is 36.8 Å². The zero-order chi connectivity index (χ0) is 21.0. The number of anilines is 1.